The van der Waals surface area contributed by atoms with Crippen LogP contribution in [-0.4, -0.2) is 43.3 Å². The number of nitrogens with one attached hydrogen (secondary N) is 1. The van der Waals surface area contributed by atoms with Crippen molar-refractivity contribution in [1.29, 1.82) is 0 Å². The lowest BCUT2D eigenvalue weighted by Crippen LogP contribution is -2.64. The van der Waals surface area contributed by atoms with E-state index in [9.17, 15) is 9.18 Å². The Hall–Kier alpha value is -1.62. The van der Waals surface area contributed by atoms with E-state index in [-0.39, 0.29) is 26.2 Å². The zero-order valence-electron chi connectivity index (χ0n) is 10.4. The molecule has 1 heterocycles. The van der Waals surface area contributed by atoms with Crippen molar-refractivity contribution >= 4 is 6.09 Å². The number of hydrogen-bond acceptors (Lipinski definition) is 3. The zero-order valence-corrected chi connectivity index (χ0v) is 10.4. The van der Waals surface area contributed by atoms with Gasteiger partial charge in [0, 0.05) is 6.54 Å². The van der Waals surface area contributed by atoms with Gasteiger partial charge in [-0.05, 0) is 12.6 Å². The molecule has 0 radical (unpaired) electrons. The maximum absolute atomic E-state index is 13.8. The molecule has 0 unspecified atom stereocenters. The van der Waals surface area contributed by atoms with Crippen molar-refractivity contribution in [3.8, 4) is 0 Å². The molecule has 0 spiro atoms. The number of halogens is 1. The fourth-order valence-electron chi connectivity index (χ4n) is 2.01. The minimum absolute atomic E-state index is 0.0987. The zero-order chi connectivity index (χ0) is 13.0. The molecule has 0 bridgehead atoms. The number of carbonyl (C=O) groups is 1. The van der Waals surface area contributed by atoms with E-state index in [0.717, 1.165) is 5.56 Å². The Bertz CT molecular complexity index is 405. The lowest BCUT2D eigenvalue weighted by atomic mass is 9.97. The van der Waals surface area contributed by atoms with Crippen molar-refractivity contribution in [3.05, 3.63) is 35.9 Å². The minimum atomic E-state index is -1.31. The van der Waals surface area contributed by atoms with Crippen LogP contribution in [-0.2, 0) is 11.3 Å². The van der Waals surface area contributed by atoms with Gasteiger partial charge >= 0.3 is 6.09 Å². The van der Waals surface area contributed by atoms with Crippen LogP contribution < -0.4 is 5.32 Å². The molecule has 1 fully saturated rings. The third kappa shape index (κ3) is 2.98. The van der Waals surface area contributed by atoms with Gasteiger partial charge in [-0.1, -0.05) is 30.3 Å². The first-order chi connectivity index (χ1) is 8.63. The average Bonchev–Trinajstić information content (AvgIpc) is 2.34. The summed E-state index contributed by atoms with van der Waals surface area (Å²) in [5.41, 5.74) is -0.381. The van der Waals surface area contributed by atoms with E-state index < -0.39 is 11.8 Å². The van der Waals surface area contributed by atoms with E-state index in [0.29, 0.717) is 0 Å². The maximum atomic E-state index is 13.8. The minimum Gasteiger partial charge on any atom is -0.445 e. The predicted molar refractivity (Wildman–Crippen MR) is 66.0 cm³/mol. The van der Waals surface area contributed by atoms with Crippen LogP contribution in [0, 0.1) is 0 Å². The summed E-state index contributed by atoms with van der Waals surface area (Å²) in [5.74, 6) is 0. The van der Waals surface area contributed by atoms with Crippen molar-refractivity contribution in [2.75, 3.05) is 26.7 Å². The lowest BCUT2D eigenvalue weighted by molar-refractivity contribution is -0.0287. The van der Waals surface area contributed by atoms with Crippen LogP contribution in [0.3, 0.4) is 0 Å². The third-order valence-corrected chi connectivity index (χ3v) is 2.91. The fourth-order valence-corrected chi connectivity index (χ4v) is 2.01. The van der Waals surface area contributed by atoms with Crippen LogP contribution in [0.4, 0.5) is 9.18 Å². The van der Waals surface area contributed by atoms with Crippen molar-refractivity contribution < 1.29 is 13.9 Å². The SMILES string of the molecule is CNCC1(F)CN(C(=O)OCc2ccccc2)C1. The van der Waals surface area contributed by atoms with Gasteiger partial charge in [0.2, 0.25) is 0 Å². The summed E-state index contributed by atoms with van der Waals surface area (Å²) in [5, 5.41) is 2.77. The van der Waals surface area contributed by atoms with Crippen molar-refractivity contribution in [2.45, 2.75) is 12.3 Å². The lowest BCUT2D eigenvalue weighted by Gasteiger charge is -2.43. The summed E-state index contributed by atoms with van der Waals surface area (Å²) in [7, 11) is 1.69. The first kappa shape index (κ1) is 12.8. The first-order valence-electron chi connectivity index (χ1n) is 5.92. The molecule has 1 N–H and O–H groups in total. The van der Waals surface area contributed by atoms with Gasteiger partial charge in [0.15, 0.2) is 5.67 Å². The van der Waals surface area contributed by atoms with E-state index in [1.54, 1.807) is 7.05 Å². The van der Waals surface area contributed by atoms with E-state index in [4.69, 9.17) is 4.74 Å². The molecule has 1 aromatic carbocycles. The van der Waals surface area contributed by atoms with Crippen LogP contribution in [0.2, 0.25) is 0 Å². The molecule has 1 aliphatic heterocycles. The second-order valence-electron chi connectivity index (χ2n) is 4.58. The van der Waals surface area contributed by atoms with Gasteiger partial charge in [-0.25, -0.2) is 9.18 Å². The molecule has 0 saturated carbocycles. The van der Waals surface area contributed by atoms with E-state index in [1.165, 1.54) is 4.90 Å². The molecular weight excluding hydrogens is 235 g/mol. The summed E-state index contributed by atoms with van der Waals surface area (Å²) in [4.78, 5) is 13.0. The Kier molecular flexibility index (Phi) is 3.81. The summed E-state index contributed by atoms with van der Waals surface area (Å²) >= 11 is 0. The first-order valence-corrected chi connectivity index (χ1v) is 5.92. The number of amides is 1. The molecule has 0 aromatic heterocycles. The molecule has 1 aromatic rings. The topological polar surface area (TPSA) is 41.6 Å². The highest BCUT2D eigenvalue weighted by Gasteiger charge is 2.45. The molecule has 98 valence electrons. The van der Waals surface area contributed by atoms with Crippen LogP contribution in [0.15, 0.2) is 30.3 Å². The molecule has 5 heteroatoms. The van der Waals surface area contributed by atoms with Crippen molar-refractivity contribution in [2.24, 2.45) is 0 Å². The molecule has 0 aliphatic carbocycles. The van der Waals surface area contributed by atoms with Crippen molar-refractivity contribution in [3.63, 3.8) is 0 Å². The number of alkyl halides is 1. The fraction of sp³-hybridized carbons (Fsp3) is 0.462. The standard InChI is InChI=1S/C13H17FN2O2/c1-15-8-13(14)9-16(10-13)12(17)18-7-11-5-3-2-4-6-11/h2-6,15H,7-10H2,1H3. The van der Waals surface area contributed by atoms with E-state index in [2.05, 4.69) is 5.32 Å². The molecule has 1 aliphatic rings. The largest absolute Gasteiger partial charge is 0.445 e. The summed E-state index contributed by atoms with van der Waals surface area (Å²) < 4.78 is 18.9. The van der Waals surface area contributed by atoms with Gasteiger partial charge in [0.1, 0.15) is 6.61 Å². The van der Waals surface area contributed by atoms with E-state index >= 15 is 0 Å². The molecule has 4 nitrogen and oxygen atoms in total. The quantitative estimate of drug-likeness (QED) is 0.884. The second kappa shape index (κ2) is 5.35. The molecule has 1 saturated heterocycles. The van der Waals surface area contributed by atoms with Crippen LogP contribution in [0.5, 0.6) is 0 Å². The van der Waals surface area contributed by atoms with Gasteiger partial charge in [-0.15, -0.1) is 0 Å². The van der Waals surface area contributed by atoms with Crippen LogP contribution >= 0.6 is 0 Å². The number of hydrogen-bond donors (Lipinski definition) is 1. The molecule has 2 rings (SSSR count). The number of nitrogens with zero attached hydrogens (tertiary/aromatic N) is 1. The Balaban J connectivity index is 1.74. The number of likely N-dealkylation sites (tertiary alicyclic amines) is 1. The second-order valence-corrected chi connectivity index (χ2v) is 4.58. The van der Waals surface area contributed by atoms with Crippen LogP contribution in [0.25, 0.3) is 0 Å². The van der Waals surface area contributed by atoms with Gasteiger partial charge < -0.3 is 15.0 Å². The Labute approximate surface area is 106 Å². The number of rotatable bonds is 4. The summed E-state index contributed by atoms with van der Waals surface area (Å²) in [6.07, 6.45) is -0.455. The normalized spacial score (nSPS) is 17.1. The predicted octanol–water partition coefficient (Wildman–Crippen LogP) is 1.57. The van der Waals surface area contributed by atoms with Gasteiger partial charge in [-0.3, -0.25) is 0 Å². The Morgan fingerprint density at radius 1 is 1.44 bits per heavy atom. The third-order valence-electron chi connectivity index (χ3n) is 2.91. The Morgan fingerprint density at radius 2 is 2.11 bits per heavy atom. The molecule has 18 heavy (non-hydrogen) atoms. The molecule has 0 atom stereocenters. The Morgan fingerprint density at radius 3 is 2.72 bits per heavy atom. The summed E-state index contributed by atoms with van der Waals surface area (Å²) in [6.45, 7) is 0.680. The van der Waals surface area contributed by atoms with Crippen molar-refractivity contribution in [1.82, 2.24) is 10.2 Å². The van der Waals surface area contributed by atoms with E-state index in [1.807, 2.05) is 30.3 Å². The molecule has 1 amide bonds. The summed E-state index contributed by atoms with van der Waals surface area (Å²) in [6, 6.07) is 9.42. The highest BCUT2D eigenvalue weighted by molar-refractivity contribution is 5.69. The van der Waals surface area contributed by atoms with Gasteiger partial charge in [-0.2, -0.15) is 0 Å². The highest BCUT2D eigenvalue weighted by Crippen LogP contribution is 2.25. The monoisotopic (exact) mass is 252 g/mol. The highest BCUT2D eigenvalue weighted by atomic mass is 19.1. The molecular formula is C13H17FN2O2. The van der Waals surface area contributed by atoms with Crippen LogP contribution in [0.1, 0.15) is 5.56 Å². The average molecular weight is 252 g/mol. The van der Waals surface area contributed by atoms with Gasteiger partial charge in [0.05, 0.1) is 13.1 Å². The maximum Gasteiger partial charge on any atom is 0.410 e. The smallest absolute Gasteiger partial charge is 0.410 e. The number of ether oxygens (including phenoxy) is 1. The number of benzene rings is 1. The number of carbonyl (C=O) groups excluding carboxylic acids is 1. The van der Waals surface area contributed by atoms with Gasteiger partial charge in [0.25, 0.3) is 0 Å².